The maximum Gasteiger partial charge on any atom is 0.126 e. The van der Waals surface area contributed by atoms with Crippen molar-refractivity contribution in [2.45, 2.75) is 33.3 Å². The summed E-state index contributed by atoms with van der Waals surface area (Å²) in [6, 6.07) is 6.57. The molecule has 0 saturated heterocycles. The SMILES string of the molecule is CCc1nnc(C)cc1C(O)c1ccc(C)c(F)c1. The van der Waals surface area contributed by atoms with Gasteiger partial charge in [0.05, 0.1) is 11.4 Å². The Bertz CT molecular complexity index is 599. The standard InChI is InChI=1S/C15H17FN2O/c1-4-14-12(7-10(3)17-18-14)15(19)11-6-5-9(2)13(16)8-11/h5-8,15,19H,4H2,1-3H3. The number of halogens is 1. The van der Waals surface area contributed by atoms with E-state index in [2.05, 4.69) is 10.2 Å². The minimum atomic E-state index is -0.876. The maximum atomic E-state index is 13.6. The number of rotatable bonds is 3. The van der Waals surface area contributed by atoms with Crippen molar-refractivity contribution in [2.75, 3.05) is 0 Å². The van der Waals surface area contributed by atoms with E-state index < -0.39 is 6.10 Å². The molecule has 0 aliphatic heterocycles. The molecule has 0 amide bonds. The van der Waals surface area contributed by atoms with Crippen LogP contribution in [0.3, 0.4) is 0 Å². The van der Waals surface area contributed by atoms with E-state index in [1.165, 1.54) is 6.07 Å². The zero-order chi connectivity index (χ0) is 14.0. The van der Waals surface area contributed by atoms with Gasteiger partial charge in [-0.25, -0.2) is 4.39 Å². The van der Waals surface area contributed by atoms with Crippen LogP contribution in [0.5, 0.6) is 0 Å². The molecule has 3 nitrogen and oxygen atoms in total. The van der Waals surface area contributed by atoms with Crippen molar-refractivity contribution in [3.8, 4) is 0 Å². The number of hydrogen-bond donors (Lipinski definition) is 1. The fourth-order valence-electron chi connectivity index (χ4n) is 2.00. The first-order valence-electron chi connectivity index (χ1n) is 6.30. The van der Waals surface area contributed by atoms with Gasteiger partial charge in [0.15, 0.2) is 0 Å². The third kappa shape index (κ3) is 2.79. The van der Waals surface area contributed by atoms with Crippen molar-refractivity contribution in [3.63, 3.8) is 0 Å². The Balaban J connectivity index is 2.45. The van der Waals surface area contributed by atoms with Gasteiger partial charge in [-0.1, -0.05) is 19.1 Å². The normalized spacial score (nSPS) is 12.5. The summed E-state index contributed by atoms with van der Waals surface area (Å²) in [4.78, 5) is 0. The molecular weight excluding hydrogens is 243 g/mol. The topological polar surface area (TPSA) is 46.0 Å². The van der Waals surface area contributed by atoms with Crippen LogP contribution in [0.4, 0.5) is 4.39 Å². The second kappa shape index (κ2) is 5.45. The summed E-state index contributed by atoms with van der Waals surface area (Å²) in [6.07, 6.45) is -0.201. The average Bonchev–Trinajstić information content (AvgIpc) is 2.41. The molecule has 1 N–H and O–H groups in total. The van der Waals surface area contributed by atoms with Crippen molar-refractivity contribution in [2.24, 2.45) is 0 Å². The van der Waals surface area contributed by atoms with Crippen molar-refractivity contribution < 1.29 is 9.50 Å². The molecule has 2 aromatic rings. The predicted molar refractivity (Wildman–Crippen MR) is 71.3 cm³/mol. The van der Waals surface area contributed by atoms with Crippen LogP contribution in [0.1, 0.15) is 41.1 Å². The molecule has 0 radical (unpaired) electrons. The summed E-state index contributed by atoms with van der Waals surface area (Å²) in [5.41, 5.74) is 3.26. The molecule has 1 aromatic carbocycles. The quantitative estimate of drug-likeness (QED) is 0.923. The largest absolute Gasteiger partial charge is 0.384 e. The van der Waals surface area contributed by atoms with Crippen molar-refractivity contribution in [1.29, 1.82) is 0 Å². The molecule has 1 heterocycles. The summed E-state index contributed by atoms with van der Waals surface area (Å²) in [7, 11) is 0. The number of aliphatic hydroxyl groups is 1. The zero-order valence-corrected chi connectivity index (χ0v) is 11.3. The molecule has 4 heteroatoms. The summed E-state index contributed by atoms with van der Waals surface area (Å²) in [5, 5.41) is 18.5. The third-order valence-electron chi connectivity index (χ3n) is 3.17. The Kier molecular flexibility index (Phi) is 3.90. The summed E-state index contributed by atoms with van der Waals surface area (Å²) < 4.78 is 13.6. The molecular formula is C15H17FN2O. The van der Waals surface area contributed by atoms with Gasteiger partial charge in [0.1, 0.15) is 11.9 Å². The summed E-state index contributed by atoms with van der Waals surface area (Å²) in [6.45, 7) is 5.46. The van der Waals surface area contributed by atoms with Crippen molar-refractivity contribution >= 4 is 0 Å². The minimum Gasteiger partial charge on any atom is -0.384 e. The van der Waals surface area contributed by atoms with Crippen LogP contribution in [0.2, 0.25) is 0 Å². The van der Waals surface area contributed by atoms with Crippen LogP contribution in [0, 0.1) is 19.7 Å². The lowest BCUT2D eigenvalue weighted by atomic mass is 9.98. The first kappa shape index (κ1) is 13.6. The van der Waals surface area contributed by atoms with Gasteiger partial charge in [-0.3, -0.25) is 0 Å². The maximum absolute atomic E-state index is 13.6. The Morgan fingerprint density at radius 1 is 1.21 bits per heavy atom. The van der Waals surface area contributed by atoms with Crippen LogP contribution < -0.4 is 0 Å². The fraction of sp³-hybridized carbons (Fsp3) is 0.333. The van der Waals surface area contributed by atoms with E-state index in [0.29, 0.717) is 23.1 Å². The Hall–Kier alpha value is -1.81. The first-order valence-corrected chi connectivity index (χ1v) is 6.30. The van der Waals surface area contributed by atoms with Gasteiger partial charge < -0.3 is 5.11 Å². The van der Waals surface area contributed by atoms with E-state index in [0.717, 1.165) is 11.4 Å². The van der Waals surface area contributed by atoms with E-state index in [-0.39, 0.29) is 5.82 Å². The molecule has 2 rings (SSSR count). The highest BCUT2D eigenvalue weighted by atomic mass is 19.1. The molecule has 0 saturated carbocycles. The Morgan fingerprint density at radius 2 is 1.95 bits per heavy atom. The molecule has 0 spiro atoms. The van der Waals surface area contributed by atoms with Crippen molar-refractivity contribution in [3.05, 3.63) is 58.2 Å². The van der Waals surface area contributed by atoms with Crippen LogP contribution >= 0.6 is 0 Å². The molecule has 19 heavy (non-hydrogen) atoms. The molecule has 1 atom stereocenters. The van der Waals surface area contributed by atoms with E-state index in [1.807, 2.05) is 13.8 Å². The van der Waals surface area contributed by atoms with E-state index in [1.54, 1.807) is 25.1 Å². The number of aromatic nitrogens is 2. The van der Waals surface area contributed by atoms with E-state index >= 15 is 0 Å². The van der Waals surface area contributed by atoms with E-state index in [9.17, 15) is 9.50 Å². The highest BCUT2D eigenvalue weighted by molar-refractivity contribution is 5.34. The Labute approximate surface area is 112 Å². The molecule has 0 aliphatic rings. The fourth-order valence-corrected chi connectivity index (χ4v) is 2.00. The monoisotopic (exact) mass is 260 g/mol. The van der Waals surface area contributed by atoms with Gasteiger partial charge >= 0.3 is 0 Å². The van der Waals surface area contributed by atoms with Gasteiger partial charge in [-0.15, -0.1) is 0 Å². The van der Waals surface area contributed by atoms with Crippen LogP contribution in [-0.2, 0) is 6.42 Å². The van der Waals surface area contributed by atoms with Gasteiger partial charge in [0, 0.05) is 5.56 Å². The molecule has 0 aliphatic carbocycles. The summed E-state index contributed by atoms with van der Waals surface area (Å²) >= 11 is 0. The average molecular weight is 260 g/mol. The van der Waals surface area contributed by atoms with Crippen LogP contribution in [-0.4, -0.2) is 15.3 Å². The first-order chi connectivity index (χ1) is 9.02. The number of benzene rings is 1. The Morgan fingerprint density at radius 3 is 2.58 bits per heavy atom. The molecule has 1 aromatic heterocycles. The molecule has 100 valence electrons. The predicted octanol–water partition coefficient (Wildman–Crippen LogP) is 2.88. The second-order valence-electron chi connectivity index (χ2n) is 4.65. The third-order valence-corrected chi connectivity index (χ3v) is 3.17. The molecule has 0 bridgehead atoms. The lowest BCUT2D eigenvalue weighted by molar-refractivity contribution is 0.217. The minimum absolute atomic E-state index is 0.312. The van der Waals surface area contributed by atoms with E-state index in [4.69, 9.17) is 0 Å². The second-order valence-corrected chi connectivity index (χ2v) is 4.65. The van der Waals surface area contributed by atoms with Gasteiger partial charge in [0.2, 0.25) is 0 Å². The number of nitrogens with zero attached hydrogens (tertiary/aromatic N) is 2. The number of aliphatic hydroxyl groups excluding tert-OH is 1. The number of aryl methyl sites for hydroxylation is 3. The van der Waals surface area contributed by atoms with Gasteiger partial charge in [0.25, 0.3) is 0 Å². The lowest BCUT2D eigenvalue weighted by Gasteiger charge is -2.15. The van der Waals surface area contributed by atoms with Gasteiger partial charge in [-0.2, -0.15) is 10.2 Å². The highest BCUT2D eigenvalue weighted by Crippen LogP contribution is 2.25. The van der Waals surface area contributed by atoms with Gasteiger partial charge in [-0.05, 0) is 43.5 Å². The molecule has 0 fully saturated rings. The lowest BCUT2D eigenvalue weighted by Crippen LogP contribution is -2.08. The van der Waals surface area contributed by atoms with Crippen molar-refractivity contribution in [1.82, 2.24) is 10.2 Å². The van der Waals surface area contributed by atoms with Crippen LogP contribution in [0.15, 0.2) is 24.3 Å². The highest BCUT2D eigenvalue weighted by Gasteiger charge is 2.16. The number of hydrogen-bond acceptors (Lipinski definition) is 3. The zero-order valence-electron chi connectivity index (χ0n) is 11.3. The summed E-state index contributed by atoms with van der Waals surface area (Å²) in [5.74, 6) is -0.312. The molecule has 1 unspecified atom stereocenters. The van der Waals surface area contributed by atoms with Crippen LogP contribution in [0.25, 0.3) is 0 Å². The smallest absolute Gasteiger partial charge is 0.126 e.